The molecular weight excluding hydrogens is 321 g/mol. The van der Waals surface area contributed by atoms with Crippen LogP contribution in [0, 0.1) is 17.8 Å². The summed E-state index contributed by atoms with van der Waals surface area (Å²) < 4.78 is 38.6. The summed E-state index contributed by atoms with van der Waals surface area (Å²) in [6.07, 6.45) is -2.87. The molecule has 4 nitrogen and oxygen atoms in total. The lowest BCUT2D eigenvalue weighted by Gasteiger charge is -2.32. The Morgan fingerprint density at radius 2 is 1.75 bits per heavy atom. The topological polar surface area (TPSA) is 58.2 Å². The first-order valence-corrected chi connectivity index (χ1v) is 8.67. The van der Waals surface area contributed by atoms with Gasteiger partial charge in [-0.3, -0.25) is 9.59 Å². The van der Waals surface area contributed by atoms with E-state index in [1.54, 1.807) is 13.8 Å². The first kappa shape index (κ1) is 20.8. The quantitative estimate of drug-likeness (QED) is 0.771. The standard InChI is InChI=1S/C17H29F3N2O2/c1-10(2)8-14(23)22-15(11(3)4)16(24)21-13-7-5-6-12(9-13)17(18,19)20/h10-13,15H,5-9H2,1-4H3,(H,21,24)(H,22,23). The molecule has 140 valence electrons. The number of amides is 2. The van der Waals surface area contributed by atoms with Crippen molar-refractivity contribution in [2.45, 2.75) is 78.1 Å². The third-order valence-corrected chi connectivity index (χ3v) is 4.34. The highest BCUT2D eigenvalue weighted by Crippen LogP contribution is 2.37. The predicted octanol–water partition coefficient (Wildman–Crippen LogP) is 3.41. The summed E-state index contributed by atoms with van der Waals surface area (Å²) in [6, 6.07) is -1.20. The van der Waals surface area contributed by atoms with E-state index >= 15 is 0 Å². The third kappa shape index (κ3) is 6.69. The molecule has 3 unspecified atom stereocenters. The van der Waals surface area contributed by atoms with E-state index in [0.717, 1.165) is 0 Å². The maximum Gasteiger partial charge on any atom is 0.391 e. The van der Waals surface area contributed by atoms with E-state index in [4.69, 9.17) is 0 Å². The van der Waals surface area contributed by atoms with Crippen molar-refractivity contribution in [2.75, 3.05) is 0 Å². The first-order chi connectivity index (χ1) is 11.0. The number of hydrogen-bond donors (Lipinski definition) is 2. The Balaban J connectivity index is 2.63. The number of alkyl halides is 3. The zero-order valence-electron chi connectivity index (χ0n) is 14.9. The number of carbonyl (C=O) groups is 2. The fourth-order valence-corrected chi connectivity index (χ4v) is 3.05. The van der Waals surface area contributed by atoms with E-state index in [2.05, 4.69) is 10.6 Å². The number of nitrogens with one attached hydrogen (secondary N) is 2. The number of rotatable bonds is 6. The van der Waals surface area contributed by atoms with Crippen molar-refractivity contribution < 1.29 is 22.8 Å². The molecule has 24 heavy (non-hydrogen) atoms. The van der Waals surface area contributed by atoms with Gasteiger partial charge in [-0.25, -0.2) is 0 Å². The van der Waals surface area contributed by atoms with Gasteiger partial charge in [-0.1, -0.05) is 34.1 Å². The fraction of sp³-hybridized carbons (Fsp3) is 0.882. The van der Waals surface area contributed by atoms with Crippen LogP contribution in [0.1, 0.15) is 59.8 Å². The molecule has 0 aromatic heterocycles. The molecule has 0 bridgehead atoms. The second-order valence-corrected chi connectivity index (χ2v) is 7.50. The highest BCUT2D eigenvalue weighted by Gasteiger charge is 2.42. The van der Waals surface area contributed by atoms with Gasteiger partial charge in [-0.05, 0) is 31.1 Å². The van der Waals surface area contributed by atoms with Crippen molar-refractivity contribution in [1.82, 2.24) is 10.6 Å². The maximum atomic E-state index is 12.9. The second kappa shape index (κ2) is 8.72. The summed E-state index contributed by atoms with van der Waals surface area (Å²) in [5.41, 5.74) is 0. The van der Waals surface area contributed by atoms with Crippen LogP contribution < -0.4 is 10.6 Å². The molecule has 1 rings (SSSR count). The van der Waals surface area contributed by atoms with Gasteiger partial charge < -0.3 is 10.6 Å². The van der Waals surface area contributed by atoms with E-state index in [1.807, 2.05) is 13.8 Å². The Hall–Kier alpha value is -1.27. The van der Waals surface area contributed by atoms with Crippen LogP contribution >= 0.6 is 0 Å². The Morgan fingerprint density at radius 3 is 2.25 bits per heavy atom. The summed E-state index contributed by atoms with van der Waals surface area (Å²) in [6.45, 7) is 7.42. The minimum atomic E-state index is -4.22. The average molecular weight is 350 g/mol. The molecule has 0 radical (unpaired) electrons. The van der Waals surface area contributed by atoms with E-state index in [0.29, 0.717) is 19.3 Å². The van der Waals surface area contributed by atoms with Crippen molar-refractivity contribution >= 4 is 11.8 Å². The van der Waals surface area contributed by atoms with Gasteiger partial charge in [0.05, 0.1) is 5.92 Å². The summed E-state index contributed by atoms with van der Waals surface area (Å²) in [7, 11) is 0. The molecule has 2 N–H and O–H groups in total. The summed E-state index contributed by atoms with van der Waals surface area (Å²) in [5.74, 6) is -1.93. The Kier molecular flexibility index (Phi) is 7.55. The Bertz CT molecular complexity index is 436. The van der Waals surface area contributed by atoms with Crippen LogP contribution in [0.15, 0.2) is 0 Å². The maximum absolute atomic E-state index is 12.9. The monoisotopic (exact) mass is 350 g/mol. The van der Waals surface area contributed by atoms with Crippen molar-refractivity contribution in [3.8, 4) is 0 Å². The lowest BCUT2D eigenvalue weighted by molar-refractivity contribution is -0.184. The summed E-state index contributed by atoms with van der Waals surface area (Å²) in [4.78, 5) is 24.3. The molecule has 1 saturated carbocycles. The number of hydrogen-bond acceptors (Lipinski definition) is 2. The largest absolute Gasteiger partial charge is 0.391 e. The van der Waals surface area contributed by atoms with Crippen molar-refractivity contribution in [2.24, 2.45) is 17.8 Å². The minimum absolute atomic E-state index is 0.0833. The molecule has 0 saturated heterocycles. The van der Waals surface area contributed by atoms with Gasteiger partial charge in [0.2, 0.25) is 11.8 Å². The summed E-state index contributed by atoms with van der Waals surface area (Å²) >= 11 is 0. The lowest BCUT2D eigenvalue weighted by Crippen LogP contribution is -2.53. The normalized spacial score (nSPS) is 23.2. The van der Waals surface area contributed by atoms with E-state index in [-0.39, 0.29) is 30.6 Å². The van der Waals surface area contributed by atoms with Crippen molar-refractivity contribution in [3.63, 3.8) is 0 Å². The highest BCUT2D eigenvalue weighted by molar-refractivity contribution is 5.88. The zero-order valence-corrected chi connectivity index (χ0v) is 14.9. The molecule has 1 aliphatic rings. The molecular formula is C17H29F3N2O2. The zero-order chi connectivity index (χ0) is 18.5. The molecule has 0 aliphatic heterocycles. The molecule has 1 aliphatic carbocycles. The minimum Gasteiger partial charge on any atom is -0.352 e. The number of carbonyl (C=O) groups excluding carboxylic acids is 2. The molecule has 2 amide bonds. The molecule has 0 aromatic rings. The molecule has 0 heterocycles. The predicted molar refractivity (Wildman–Crippen MR) is 86.2 cm³/mol. The molecule has 3 atom stereocenters. The molecule has 1 fully saturated rings. The average Bonchev–Trinajstić information content (AvgIpc) is 2.43. The van der Waals surface area contributed by atoms with E-state index < -0.39 is 30.1 Å². The van der Waals surface area contributed by atoms with Crippen LogP contribution in [-0.2, 0) is 9.59 Å². The molecule has 7 heteroatoms. The van der Waals surface area contributed by atoms with E-state index in [9.17, 15) is 22.8 Å². The van der Waals surface area contributed by atoms with Gasteiger partial charge in [0.1, 0.15) is 6.04 Å². The number of halogens is 3. The lowest BCUT2D eigenvalue weighted by atomic mass is 9.85. The second-order valence-electron chi connectivity index (χ2n) is 7.50. The van der Waals surface area contributed by atoms with Crippen LogP contribution in [0.25, 0.3) is 0 Å². The van der Waals surface area contributed by atoms with Gasteiger partial charge in [0.15, 0.2) is 0 Å². The highest BCUT2D eigenvalue weighted by atomic mass is 19.4. The molecule has 0 aromatic carbocycles. The van der Waals surface area contributed by atoms with Gasteiger partial charge in [0, 0.05) is 12.5 Å². The SMILES string of the molecule is CC(C)CC(=O)NC(C(=O)NC1CCCC(C(F)(F)F)C1)C(C)C. The van der Waals surface area contributed by atoms with Gasteiger partial charge >= 0.3 is 6.18 Å². The van der Waals surface area contributed by atoms with Crippen LogP contribution in [0.4, 0.5) is 13.2 Å². The Labute approximate surface area is 141 Å². The van der Waals surface area contributed by atoms with E-state index in [1.165, 1.54) is 0 Å². The van der Waals surface area contributed by atoms with Gasteiger partial charge in [-0.15, -0.1) is 0 Å². The smallest absolute Gasteiger partial charge is 0.352 e. The van der Waals surface area contributed by atoms with Crippen molar-refractivity contribution in [1.29, 1.82) is 0 Å². The van der Waals surface area contributed by atoms with Crippen LogP contribution in [0.2, 0.25) is 0 Å². The Morgan fingerprint density at radius 1 is 1.12 bits per heavy atom. The first-order valence-electron chi connectivity index (χ1n) is 8.67. The summed E-state index contributed by atoms with van der Waals surface area (Å²) in [5, 5.41) is 5.41. The van der Waals surface area contributed by atoms with Crippen LogP contribution in [0.3, 0.4) is 0 Å². The fourth-order valence-electron chi connectivity index (χ4n) is 3.05. The van der Waals surface area contributed by atoms with Gasteiger partial charge in [-0.2, -0.15) is 13.2 Å². The van der Waals surface area contributed by atoms with Crippen LogP contribution in [0.5, 0.6) is 0 Å². The molecule has 0 spiro atoms. The van der Waals surface area contributed by atoms with Crippen LogP contribution in [-0.4, -0.2) is 30.1 Å². The van der Waals surface area contributed by atoms with Crippen molar-refractivity contribution in [3.05, 3.63) is 0 Å². The van der Waals surface area contributed by atoms with Gasteiger partial charge in [0.25, 0.3) is 0 Å². The third-order valence-electron chi connectivity index (χ3n) is 4.34.